The van der Waals surface area contributed by atoms with Crippen molar-refractivity contribution in [1.29, 1.82) is 0 Å². The van der Waals surface area contributed by atoms with Crippen molar-refractivity contribution in [2.75, 3.05) is 0 Å². The first-order chi connectivity index (χ1) is 14.4. The van der Waals surface area contributed by atoms with Crippen LogP contribution in [-0.2, 0) is 17.1 Å². The van der Waals surface area contributed by atoms with Crippen LogP contribution in [0.15, 0.2) is 49.2 Å². The van der Waals surface area contributed by atoms with Crippen LogP contribution in [0.1, 0.15) is 22.5 Å². The fourth-order valence-electron chi connectivity index (χ4n) is 2.57. The summed E-state index contributed by atoms with van der Waals surface area (Å²) in [5.74, 6) is -1.05. The van der Waals surface area contributed by atoms with Gasteiger partial charge in [0.25, 0.3) is 0 Å². The van der Waals surface area contributed by atoms with Gasteiger partial charge in [-0.3, -0.25) is 4.79 Å². The van der Waals surface area contributed by atoms with Gasteiger partial charge in [0, 0.05) is 29.7 Å². The molecule has 0 radical (unpaired) electrons. The fraction of sp³-hybridized carbons (Fsp3) is 0.105. The van der Waals surface area contributed by atoms with Gasteiger partial charge in [-0.25, -0.2) is 19.9 Å². The van der Waals surface area contributed by atoms with Crippen LogP contribution in [0, 0.1) is 0 Å². The number of halogens is 6. The molecule has 1 amide bonds. The molecule has 12 heteroatoms. The van der Waals surface area contributed by atoms with Gasteiger partial charge in [0.05, 0.1) is 22.4 Å². The number of hydrogen-bond acceptors (Lipinski definition) is 5. The lowest BCUT2D eigenvalue weighted by atomic mass is 10.0. The molecule has 2 N–H and O–H groups in total. The van der Waals surface area contributed by atoms with E-state index in [9.17, 15) is 31.1 Å². The smallest absolute Gasteiger partial charge is 0.366 e. The van der Waals surface area contributed by atoms with E-state index >= 15 is 0 Å². The largest absolute Gasteiger partial charge is 0.416 e. The van der Waals surface area contributed by atoms with Crippen LogP contribution in [0.2, 0.25) is 0 Å². The van der Waals surface area contributed by atoms with Crippen molar-refractivity contribution >= 4 is 17.6 Å². The molecule has 0 aliphatic carbocycles. The highest BCUT2D eigenvalue weighted by Gasteiger charge is 2.37. The summed E-state index contributed by atoms with van der Waals surface area (Å²) in [6, 6.07) is 2.25. The molecule has 0 atom stereocenters. The maximum atomic E-state index is 13.1. The molecule has 0 fully saturated rings. The van der Waals surface area contributed by atoms with E-state index in [0.29, 0.717) is 12.1 Å². The number of nitrogens with zero attached hydrogens (tertiary/aromatic N) is 4. The SMILES string of the molecule is NC(=O)/C(=C\c1nccc(-c2cc(C(F)(F)F)cc(C(F)(F)F)c2)n1)c1cncnc1. The molecule has 0 spiro atoms. The highest BCUT2D eigenvalue weighted by molar-refractivity contribution is 6.23. The number of benzene rings is 1. The van der Waals surface area contributed by atoms with E-state index in [-0.39, 0.29) is 28.7 Å². The molecule has 0 saturated carbocycles. The quantitative estimate of drug-likeness (QED) is 0.490. The zero-order chi connectivity index (χ0) is 22.8. The van der Waals surface area contributed by atoms with Gasteiger partial charge >= 0.3 is 12.4 Å². The molecular formula is C19H11F6N5O. The van der Waals surface area contributed by atoms with Crippen molar-refractivity contribution in [1.82, 2.24) is 19.9 Å². The van der Waals surface area contributed by atoms with Crippen LogP contribution in [0.4, 0.5) is 26.3 Å². The van der Waals surface area contributed by atoms with Gasteiger partial charge < -0.3 is 5.73 Å². The Morgan fingerprint density at radius 2 is 1.52 bits per heavy atom. The van der Waals surface area contributed by atoms with Gasteiger partial charge in [0.15, 0.2) is 5.82 Å². The Morgan fingerprint density at radius 1 is 0.935 bits per heavy atom. The van der Waals surface area contributed by atoms with Gasteiger partial charge in [-0.05, 0) is 30.3 Å². The number of alkyl halides is 6. The van der Waals surface area contributed by atoms with Crippen LogP contribution < -0.4 is 5.73 Å². The monoisotopic (exact) mass is 439 g/mol. The first-order valence-corrected chi connectivity index (χ1v) is 8.35. The summed E-state index contributed by atoms with van der Waals surface area (Å²) in [7, 11) is 0. The van der Waals surface area contributed by atoms with Crippen LogP contribution in [0.25, 0.3) is 22.9 Å². The molecular weight excluding hydrogens is 428 g/mol. The summed E-state index contributed by atoms with van der Waals surface area (Å²) in [5, 5.41) is 0. The topological polar surface area (TPSA) is 94.7 Å². The van der Waals surface area contributed by atoms with E-state index in [4.69, 9.17) is 5.73 Å². The number of primary amides is 1. The summed E-state index contributed by atoms with van der Waals surface area (Å²) in [6.07, 6.45) is -3.96. The molecule has 160 valence electrons. The molecule has 0 saturated heterocycles. The third kappa shape index (κ3) is 5.21. The van der Waals surface area contributed by atoms with E-state index in [0.717, 1.165) is 18.3 Å². The van der Waals surface area contributed by atoms with E-state index in [1.807, 2.05) is 0 Å². The molecule has 2 heterocycles. The first kappa shape index (κ1) is 21.9. The summed E-state index contributed by atoms with van der Waals surface area (Å²) in [5.41, 5.74) is 1.85. The number of amides is 1. The summed E-state index contributed by atoms with van der Waals surface area (Å²) in [4.78, 5) is 27.1. The van der Waals surface area contributed by atoms with Crippen LogP contribution in [0.3, 0.4) is 0 Å². The van der Waals surface area contributed by atoms with E-state index < -0.39 is 35.0 Å². The van der Waals surface area contributed by atoms with Crippen LogP contribution >= 0.6 is 0 Å². The molecule has 3 rings (SSSR count). The van der Waals surface area contributed by atoms with E-state index in [2.05, 4.69) is 19.9 Å². The van der Waals surface area contributed by atoms with Crippen molar-refractivity contribution in [3.8, 4) is 11.3 Å². The average molecular weight is 439 g/mol. The van der Waals surface area contributed by atoms with Crippen molar-refractivity contribution < 1.29 is 31.1 Å². The van der Waals surface area contributed by atoms with Crippen molar-refractivity contribution in [2.45, 2.75) is 12.4 Å². The van der Waals surface area contributed by atoms with Gasteiger partial charge in [-0.2, -0.15) is 26.3 Å². The lowest BCUT2D eigenvalue weighted by Gasteiger charge is -2.14. The Hall–Kier alpha value is -3.83. The number of rotatable bonds is 4. The Labute approximate surface area is 170 Å². The molecule has 0 aliphatic rings. The van der Waals surface area contributed by atoms with Crippen molar-refractivity contribution in [2.24, 2.45) is 5.73 Å². The molecule has 31 heavy (non-hydrogen) atoms. The average Bonchev–Trinajstić information content (AvgIpc) is 2.71. The second-order valence-electron chi connectivity index (χ2n) is 6.14. The molecule has 0 aliphatic heterocycles. The van der Waals surface area contributed by atoms with Gasteiger partial charge in [-0.15, -0.1) is 0 Å². The molecule has 3 aromatic rings. The Morgan fingerprint density at radius 3 is 2.03 bits per heavy atom. The molecule has 2 aromatic heterocycles. The minimum atomic E-state index is -5.00. The minimum Gasteiger partial charge on any atom is -0.366 e. The zero-order valence-corrected chi connectivity index (χ0v) is 15.2. The summed E-state index contributed by atoms with van der Waals surface area (Å²) >= 11 is 0. The van der Waals surface area contributed by atoms with E-state index in [1.165, 1.54) is 18.7 Å². The number of hydrogen-bond donors (Lipinski definition) is 1. The summed E-state index contributed by atoms with van der Waals surface area (Å²) in [6.45, 7) is 0. The minimum absolute atomic E-state index is 0.0199. The number of carbonyl (C=O) groups is 1. The number of nitrogens with two attached hydrogens (primary N) is 1. The predicted molar refractivity (Wildman–Crippen MR) is 96.6 cm³/mol. The second kappa shape index (κ2) is 8.13. The highest BCUT2D eigenvalue weighted by Crippen LogP contribution is 2.38. The van der Waals surface area contributed by atoms with Crippen molar-refractivity contribution in [3.63, 3.8) is 0 Å². The lowest BCUT2D eigenvalue weighted by molar-refractivity contribution is -0.143. The third-order valence-corrected chi connectivity index (χ3v) is 3.97. The summed E-state index contributed by atoms with van der Waals surface area (Å²) < 4.78 is 78.6. The third-order valence-electron chi connectivity index (χ3n) is 3.97. The lowest BCUT2D eigenvalue weighted by Crippen LogP contribution is -2.13. The molecule has 6 nitrogen and oxygen atoms in total. The van der Waals surface area contributed by atoms with Gasteiger partial charge in [0.1, 0.15) is 6.33 Å². The molecule has 0 unspecified atom stereocenters. The second-order valence-corrected chi connectivity index (χ2v) is 6.14. The van der Waals surface area contributed by atoms with Gasteiger partial charge in [-0.1, -0.05) is 0 Å². The molecule has 0 bridgehead atoms. The highest BCUT2D eigenvalue weighted by atomic mass is 19.4. The number of carbonyl (C=O) groups excluding carboxylic acids is 1. The Kier molecular flexibility index (Phi) is 5.73. The molecule has 1 aromatic carbocycles. The first-order valence-electron chi connectivity index (χ1n) is 8.35. The standard InChI is InChI=1S/C19H11F6N5O/c20-18(21,22)12-3-10(4-13(5-12)19(23,24)25)15-1-2-29-16(30-15)6-14(17(26)31)11-7-27-9-28-8-11/h1-9H,(H2,26,31)/b14-6-. The Balaban J connectivity index is 2.12. The Bertz CT molecular complexity index is 1110. The van der Waals surface area contributed by atoms with Gasteiger partial charge in [0.2, 0.25) is 5.91 Å². The fourth-order valence-corrected chi connectivity index (χ4v) is 2.57. The van der Waals surface area contributed by atoms with Crippen molar-refractivity contribution in [3.05, 3.63) is 71.7 Å². The normalized spacial score (nSPS) is 12.6. The zero-order valence-electron chi connectivity index (χ0n) is 15.2. The maximum absolute atomic E-state index is 13.1. The number of aromatic nitrogens is 4. The predicted octanol–water partition coefficient (Wildman–Crippen LogP) is 4.00. The van der Waals surface area contributed by atoms with E-state index in [1.54, 1.807) is 0 Å². The maximum Gasteiger partial charge on any atom is 0.416 e. The van der Waals surface area contributed by atoms with Crippen LogP contribution in [-0.4, -0.2) is 25.8 Å². The van der Waals surface area contributed by atoms with Crippen LogP contribution in [0.5, 0.6) is 0 Å².